The molecular weight excluding hydrogens is 328 g/mol. The van der Waals surface area contributed by atoms with E-state index in [2.05, 4.69) is 9.47 Å². The third kappa shape index (κ3) is 2.84. The Morgan fingerprint density at radius 1 is 1.33 bits per heavy atom. The third-order valence-electron chi connectivity index (χ3n) is 1.96. The summed E-state index contributed by atoms with van der Waals surface area (Å²) >= 11 is 0. The fourth-order valence-electron chi connectivity index (χ4n) is 1.32. The van der Waals surface area contributed by atoms with Crippen LogP contribution in [0.4, 0.5) is 14.5 Å². The van der Waals surface area contributed by atoms with Crippen molar-refractivity contribution in [3.8, 4) is 11.5 Å². The number of benzene rings is 1. The van der Waals surface area contributed by atoms with Crippen molar-refractivity contribution in [1.82, 2.24) is 0 Å². The van der Waals surface area contributed by atoms with Crippen molar-refractivity contribution in [3.63, 3.8) is 0 Å². The van der Waals surface area contributed by atoms with Crippen molar-refractivity contribution in [3.05, 3.63) is 33.5 Å². The molecule has 0 saturated carbocycles. The summed E-state index contributed by atoms with van der Waals surface area (Å²) in [5, 5.41) is 10.6. The minimum absolute atomic E-state index is 0. The first-order chi connectivity index (χ1) is 7.80. The van der Waals surface area contributed by atoms with E-state index in [-0.39, 0.29) is 58.2 Å². The Labute approximate surface area is 147 Å². The van der Waals surface area contributed by atoms with Crippen LogP contribution in [0.25, 0.3) is 5.73 Å². The van der Waals surface area contributed by atoms with E-state index in [1.165, 1.54) is 0 Å². The van der Waals surface area contributed by atoms with Gasteiger partial charge in [0, 0.05) is 6.07 Å². The monoisotopic (exact) mass is 330 g/mol. The minimum atomic E-state index is -3.93. The number of nitrogens with zero attached hydrogens (tertiary/aromatic N) is 1. The topological polar surface area (TPSA) is 102 Å². The van der Waals surface area contributed by atoms with Gasteiger partial charge in [-0.2, -0.15) is 0 Å². The number of amides is 1. The van der Waals surface area contributed by atoms with E-state index in [9.17, 15) is 23.7 Å². The van der Waals surface area contributed by atoms with Gasteiger partial charge in [-0.05, 0) is 0 Å². The van der Waals surface area contributed by atoms with Crippen molar-refractivity contribution in [2.75, 3.05) is 0 Å². The Hall–Kier alpha value is -0.645. The van der Waals surface area contributed by atoms with Gasteiger partial charge in [0.1, 0.15) is 0 Å². The predicted octanol–water partition coefficient (Wildman–Crippen LogP) is -0.887. The number of carbonyl (C=O) groups excluding carboxylic acids is 1. The number of nitrogens with one attached hydrogen (secondary N) is 1. The van der Waals surface area contributed by atoms with Gasteiger partial charge in [-0.25, -0.2) is 0 Å². The van der Waals surface area contributed by atoms with Crippen LogP contribution < -0.4 is 67.7 Å². The molecule has 18 heavy (non-hydrogen) atoms. The molecule has 0 aliphatic carbocycles. The first-order valence-electron chi connectivity index (χ1n) is 4.14. The Bertz CT molecular complexity index is 491. The number of fused-ring (bicyclic) bond motifs is 1. The van der Waals surface area contributed by atoms with Crippen molar-refractivity contribution in [1.29, 1.82) is 0 Å². The van der Waals surface area contributed by atoms with Crippen LogP contribution in [-0.4, -0.2) is 17.1 Å². The van der Waals surface area contributed by atoms with Crippen LogP contribution >= 0.6 is 0 Å². The third-order valence-corrected chi connectivity index (χ3v) is 1.96. The molecule has 10 heteroatoms. The number of halogens is 2. The van der Waals surface area contributed by atoms with Crippen LogP contribution in [0.5, 0.6) is 11.5 Å². The molecule has 0 fully saturated rings. The van der Waals surface area contributed by atoms with Crippen molar-refractivity contribution in [2.45, 2.75) is 6.29 Å². The van der Waals surface area contributed by atoms with Gasteiger partial charge in [0.05, 0.1) is 22.5 Å². The van der Waals surface area contributed by atoms with E-state index in [1.807, 2.05) is 0 Å². The molecule has 2 rings (SSSR count). The maximum Gasteiger partial charge on any atom is 1.00 e. The second-order valence-electron chi connectivity index (χ2n) is 3.07. The van der Waals surface area contributed by atoms with Crippen LogP contribution in [0.2, 0.25) is 0 Å². The second-order valence-corrected chi connectivity index (χ2v) is 3.07. The van der Waals surface area contributed by atoms with Gasteiger partial charge < -0.3 is 20.0 Å². The van der Waals surface area contributed by atoms with Crippen LogP contribution in [0, 0.1) is 10.1 Å². The number of carbonyl (C=O) groups is 1. The molecule has 0 radical (unpaired) electrons. The maximum atomic E-state index is 12.7. The molecular formula is C8H3F2N2O5Rb. The first kappa shape index (κ1) is 15.4. The molecule has 1 aliphatic rings. The number of ether oxygens (including phenoxy) is 2. The molecule has 0 saturated heterocycles. The van der Waals surface area contributed by atoms with Crippen LogP contribution in [-0.2, 0) is 0 Å². The molecule has 1 amide bonds. The summed E-state index contributed by atoms with van der Waals surface area (Å²) in [6, 6.07) is 1.31. The van der Waals surface area contributed by atoms with Crippen LogP contribution in [0.3, 0.4) is 0 Å². The summed E-state index contributed by atoms with van der Waals surface area (Å²) in [4.78, 5) is 20.4. The zero-order valence-corrected chi connectivity index (χ0v) is 13.8. The van der Waals surface area contributed by atoms with Crippen LogP contribution in [0.15, 0.2) is 12.1 Å². The fraction of sp³-hybridized carbons (Fsp3) is 0.125. The normalized spacial score (nSPS) is 14.8. The summed E-state index contributed by atoms with van der Waals surface area (Å²) in [6.45, 7) is 0. The number of nitro benzene ring substituents is 1. The Kier molecular flexibility index (Phi) is 4.41. The van der Waals surface area contributed by atoms with E-state index in [4.69, 9.17) is 5.73 Å². The second kappa shape index (κ2) is 5.15. The molecule has 0 spiro atoms. The molecule has 1 aromatic rings. The smallest absolute Gasteiger partial charge is 0.663 e. The van der Waals surface area contributed by atoms with E-state index in [0.717, 1.165) is 0 Å². The molecule has 1 aromatic carbocycles. The van der Waals surface area contributed by atoms with Gasteiger partial charge >= 0.3 is 64.5 Å². The molecule has 0 bridgehead atoms. The van der Waals surface area contributed by atoms with E-state index >= 15 is 0 Å². The molecule has 0 atom stereocenters. The minimum Gasteiger partial charge on any atom is -0.663 e. The van der Waals surface area contributed by atoms with Crippen LogP contribution in [0.1, 0.15) is 10.4 Å². The number of alkyl halides is 2. The van der Waals surface area contributed by atoms with E-state index < -0.39 is 39.9 Å². The van der Waals surface area contributed by atoms with E-state index in [0.29, 0.717) is 12.1 Å². The van der Waals surface area contributed by atoms with Gasteiger partial charge in [-0.1, -0.05) is 0 Å². The number of hydrogen-bond donors (Lipinski definition) is 0. The maximum absolute atomic E-state index is 12.7. The zero-order chi connectivity index (χ0) is 12.8. The largest absolute Gasteiger partial charge is 1.00 e. The average Bonchev–Trinajstić information content (AvgIpc) is 2.48. The quantitative estimate of drug-likeness (QED) is 0.517. The Balaban J connectivity index is 0.00000162. The standard InChI is InChI=1S/C8H4F2N2O5.Rb/c9-8(10)16-5-1-3(7(11)13)4(12(14)15)2-6(5)17-8;/h1-2H,(H2,11,13);/q;+1/p-1. The summed E-state index contributed by atoms with van der Waals surface area (Å²) < 4.78 is 33.3. The molecule has 90 valence electrons. The molecule has 0 aromatic heterocycles. The predicted molar refractivity (Wildman–Crippen MR) is 48.0 cm³/mol. The Morgan fingerprint density at radius 3 is 2.28 bits per heavy atom. The summed E-state index contributed by atoms with van der Waals surface area (Å²) in [5.74, 6) is -2.44. The van der Waals surface area contributed by atoms with Crippen molar-refractivity contribution in [2.24, 2.45) is 0 Å². The summed E-state index contributed by atoms with van der Waals surface area (Å²) in [6.07, 6.45) is -3.93. The zero-order valence-electron chi connectivity index (χ0n) is 8.90. The van der Waals surface area contributed by atoms with Gasteiger partial charge in [-0.3, -0.25) is 10.1 Å². The van der Waals surface area contributed by atoms with Gasteiger partial charge in [-0.15, -0.1) is 8.78 Å². The fourth-order valence-corrected chi connectivity index (χ4v) is 1.32. The van der Waals surface area contributed by atoms with Gasteiger partial charge in [0.15, 0.2) is 11.5 Å². The SMILES string of the molecule is [NH-]C(=O)c1cc2c(cc1[N+](=O)[O-])OC(F)(F)O2.[Rb+]. The van der Waals surface area contributed by atoms with Crippen molar-refractivity contribution < 1.29 is 86.2 Å². The molecule has 1 heterocycles. The molecule has 0 unspecified atom stereocenters. The molecule has 7 nitrogen and oxygen atoms in total. The van der Waals surface area contributed by atoms with E-state index in [1.54, 1.807) is 0 Å². The van der Waals surface area contributed by atoms with Gasteiger partial charge in [0.2, 0.25) is 0 Å². The number of nitro groups is 1. The van der Waals surface area contributed by atoms with Crippen molar-refractivity contribution >= 4 is 11.6 Å². The van der Waals surface area contributed by atoms with Gasteiger partial charge in [0.25, 0.3) is 5.69 Å². The average molecular weight is 331 g/mol. The summed E-state index contributed by atoms with van der Waals surface area (Å²) in [7, 11) is 0. The molecule has 1 N–H and O–H groups in total. The number of hydrogen-bond acceptors (Lipinski definition) is 5. The Morgan fingerprint density at radius 2 is 1.83 bits per heavy atom. The first-order valence-corrected chi connectivity index (χ1v) is 4.14. The molecule has 1 aliphatic heterocycles. The number of rotatable bonds is 2. The summed E-state index contributed by atoms with van der Waals surface area (Å²) in [5.41, 5.74) is 5.36.